The summed E-state index contributed by atoms with van der Waals surface area (Å²) in [6.45, 7) is -0.375. The Kier molecular flexibility index (Phi) is 4.19. The van der Waals surface area contributed by atoms with Crippen molar-refractivity contribution in [1.82, 2.24) is 9.55 Å². The van der Waals surface area contributed by atoms with Crippen LogP contribution in [0.25, 0.3) is 16.6 Å². The number of fused-ring (bicyclic) bond motifs is 1. The lowest BCUT2D eigenvalue weighted by molar-refractivity contribution is -0.195. The van der Waals surface area contributed by atoms with Crippen molar-refractivity contribution in [2.75, 3.05) is 6.61 Å². The Morgan fingerprint density at radius 1 is 1.30 bits per heavy atom. The highest BCUT2D eigenvalue weighted by Crippen LogP contribution is 2.62. The summed E-state index contributed by atoms with van der Waals surface area (Å²) >= 11 is 0. The molecule has 1 aromatic heterocycles. The number of benzene rings is 1. The number of carbonyl (C=O) groups is 1. The zero-order chi connectivity index (χ0) is 21.1. The van der Waals surface area contributed by atoms with Gasteiger partial charge in [-0.3, -0.25) is 4.79 Å². The van der Waals surface area contributed by atoms with E-state index in [1.165, 1.54) is 0 Å². The van der Waals surface area contributed by atoms with E-state index >= 15 is 0 Å². The summed E-state index contributed by atoms with van der Waals surface area (Å²) in [6, 6.07) is 9.46. The average Bonchev–Trinajstić information content (AvgIpc) is 3.01. The predicted octanol–water partition coefficient (Wildman–Crippen LogP) is 3.24. The van der Waals surface area contributed by atoms with Crippen molar-refractivity contribution in [2.24, 2.45) is 24.3 Å². The largest absolute Gasteiger partial charge is 0.507 e. The van der Waals surface area contributed by atoms with Gasteiger partial charge in [-0.2, -0.15) is 5.26 Å². The number of aryl methyl sites for hydroxylation is 1. The number of nitrogens with zero attached hydrogens (tertiary/aromatic N) is 3. The molecule has 7 heteroatoms. The monoisotopic (exact) mass is 407 g/mol. The minimum absolute atomic E-state index is 0.00867. The average molecular weight is 407 g/mol. The van der Waals surface area contributed by atoms with Crippen LogP contribution in [0, 0.1) is 28.6 Å². The van der Waals surface area contributed by atoms with E-state index in [-0.39, 0.29) is 23.9 Å². The fourth-order valence-corrected chi connectivity index (χ4v) is 6.42. The molecule has 2 N–H and O–H groups in total. The maximum Gasteiger partial charge on any atom is 0.312 e. The molecule has 4 aliphatic carbocycles. The number of hydrogen-bond donors (Lipinski definition) is 2. The lowest BCUT2D eigenvalue weighted by Gasteiger charge is -2.58. The fraction of sp³-hybridized carbons (Fsp3) is 0.522. The molecule has 0 radical (unpaired) electrons. The first kappa shape index (κ1) is 19.1. The second-order valence-corrected chi connectivity index (χ2v) is 9.46. The summed E-state index contributed by atoms with van der Waals surface area (Å²) < 4.78 is 7.24. The molecular formula is C23H25N3O4. The minimum atomic E-state index is -0.758. The van der Waals surface area contributed by atoms with Crippen LogP contribution >= 0.6 is 0 Å². The van der Waals surface area contributed by atoms with Gasteiger partial charge in [-0.1, -0.05) is 12.1 Å². The van der Waals surface area contributed by atoms with Gasteiger partial charge >= 0.3 is 5.97 Å². The standard InChI is InChI=1S/C23H25N3O4/c1-26-18-5-3-2-4-17(18)25-20(26)16(11-24)19(27)12-30-21(28)22-7-14-6-15(8-22)10-23(29,9-14)13-22/h2-5,14-15,27,29H,6-10,12-13H2,1H3/b19-16-/t14-,15+,22?,23?. The molecule has 7 nitrogen and oxygen atoms in total. The van der Waals surface area contributed by atoms with Crippen LogP contribution in [-0.4, -0.2) is 37.9 Å². The van der Waals surface area contributed by atoms with E-state index in [9.17, 15) is 20.3 Å². The van der Waals surface area contributed by atoms with Gasteiger partial charge in [-0.25, -0.2) is 4.98 Å². The Hall–Kier alpha value is -2.85. The summed E-state index contributed by atoms with van der Waals surface area (Å²) in [7, 11) is 1.78. The van der Waals surface area contributed by atoms with Gasteiger partial charge in [0.15, 0.2) is 11.6 Å². The highest BCUT2D eigenvalue weighted by molar-refractivity contribution is 5.84. The Morgan fingerprint density at radius 3 is 2.63 bits per heavy atom. The number of allylic oxidation sites excluding steroid dienone is 1. The fourth-order valence-electron chi connectivity index (χ4n) is 6.42. The number of para-hydroxylation sites is 2. The van der Waals surface area contributed by atoms with E-state index < -0.39 is 11.0 Å². The SMILES string of the molecule is Cn1c(/C(C#N)=C(\O)COC(=O)C23C[C@@H]4C[C@@H](CC(O)(C4)C2)C3)nc2ccccc21. The Labute approximate surface area is 174 Å². The smallest absolute Gasteiger partial charge is 0.312 e. The molecule has 0 spiro atoms. The molecule has 2 unspecified atom stereocenters. The first-order valence-electron chi connectivity index (χ1n) is 10.5. The molecule has 0 amide bonds. The first-order valence-corrected chi connectivity index (χ1v) is 10.5. The topological polar surface area (TPSA) is 108 Å². The number of ether oxygens (including phenoxy) is 1. The molecule has 30 heavy (non-hydrogen) atoms. The van der Waals surface area contributed by atoms with E-state index in [2.05, 4.69) is 4.98 Å². The normalized spacial score (nSPS) is 32.7. The third kappa shape index (κ3) is 2.90. The van der Waals surface area contributed by atoms with Crippen LogP contribution in [0.4, 0.5) is 0 Å². The molecule has 0 saturated heterocycles. The Morgan fingerprint density at radius 2 is 2.00 bits per heavy atom. The third-order valence-corrected chi connectivity index (χ3v) is 7.21. The number of aliphatic hydroxyl groups excluding tert-OH is 1. The van der Waals surface area contributed by atoms with Gasteiger partial charge in [-0.15, -0.1) is 0 Å². The molecule has 4 aliphatic rings. The van der Waals surface area contributed by atoms with Gasteiger partial charge in [0.1, 0.15) is 18.2 Å². The summed E-state index contributed by atoms with van der Waals surface area (Å²) in [5.74, 6) is 0.373. The second kappa shape index (κ2) is 6.58. The van der Waals surface area contributed by atoms with E-state index in [4.69, 9.17) is 4.74 Å². The van der Waals surface area contributed by atoms with E-state index in [1.807, 2.05) is 30.3 Å². The summed E-state index contributed by atoms with van der Waals surface area (Å²) in [4.78, 5) is 17.5. The molecule has 0 aliphatic heterocycles. The number of imidazole rings is 1. The van der Waals surface area contributed by atoms with Crippen LogP contribution in [0.15, 0.2) is 30.0 Å². The Balaban J connectivity index is 1.37. The van der Waals surface area contributed by atoms with E-state index in [0.717, 1.165) is 37.6 Å². The lowest BCUT2D eigenvalue weighted by atomic mass is 9.48. The van der Waals surface area contributed by atoms with Crippen molar-refractivity contribution in [2.45, 2.75) is 44.1 Å². The van der Waals surface area contributed by atoms with Gasteiger partial charge in [0.05, 0.1) is 22.0 Å². The molecule has 156 valence electrons. The Bertz CT molecular complexity index is 1100. The second-order valence-electron chi connectivity index (χ2n) is 9.46. The minimum Gasteiger partial charge on any atom is -0.507 e. The zero-order valence-electron chi connectivity index (χ0n) is 17.0. The number of carbonyl (C=O) groups excluding carboxylic acids is 1. The van der Waals surface area contributed by atoms with Crippen molar-refractivity contribution in [3.8, 4) is 6.07 Å². The molecule has 4 atom stereocenters. The molecule has 1 heterocycles. The van der Waals surface area contributed by atoms with Crippen molar-refractivity contribution >= 4 is 22.6 Å². The highest BCUT2D eigenvalue weighted by Gasteiger charge is 2.60. The van der Waals surface area contributed by atoms with E-state index in [1.54, 1.807) is 11.6 Å². The molecule has 6 rings (SSSR count). The molecule has 4 bridgehead atoms. The van der Waals surface area contributed by atoms with Crippen molar-refractivity contribution < 1.29 is 19.7 Å². The summed E-state index contributed by atoms with van der Waals surface area (Å²) in [5, 5.41) is 31.1. The summed E-state index contributed by atoms with van der Waals surface area (Å²) in [5.41, 5.74) is 0.127. The molecular weight excluding hydrogens is 382 g/mol. The van der Waals surface area contributed by atoms with Crippen LogP contribution in [-0.2, 0) is 16.6 Å². The van der Waals surface area contributed by atoms with Gasteiger partial charge in [0.2, 0.25) is 0 Å². The summed E-state index contributed by atoms with van der Waals surface area (Å²) in [6.07, 6.45) is 4.54. The highest BCUT2D eigenvalue weighted by atomic mass is 16.5. The molecule has 4 saturated carbocycles. The van der Waals surface area contributed by atoms with Crippen molar-refractivity contribution in [1.29, 1.82) is 5.26 Å². The van der Waals surface area contributed by atoms with Crippen molar-refractivity contribution in [3.63, 3.8) is 0 Å². The number of aromatic nitrogens is 2. The van der Waals surface area contributed by atoms with Crippen LogP contribution in [0.5, 0.6) is 0 Å². The number of rotatable bonds is 4. The van der Waals surface area contributed by atoms with E-state index in [0.29, 0.717) is 29.6 Å². The van der Waals surface area contributed by atoms with Gasteiger partial charge < -0.3 is 19.5 Å². The lowest BCUT2D eigenvalue weighted by Crippen LogP contribution is -2.58. The van der Waals surface area contributed by atoms with Crippen LogP contribution in [0.3, 0.4) is 0 Å². The number of esters is 1. The van der Waals surface area contributed by atoms with Crippen LogP contribution in [0.2, 0.25) is 0 Å². The quantitative estimate of drug-likeness (QED) is 0.458. The molecule has 4 fully saturated rings. The predicted molar refractivity (Wildman–Crippen MR) is 109 cm³/mol. The first-order chi connectivity index (χ1) is 14.3. The molecule has 1 aromatic carbocycles. The third-order valence-electron chi connectivity index (χ3n) is 7.21. The number of nitriles is 1. The zero-order valence-corrected chi connectivity index (χ0v) is 17.0. The van der Waals surface area contributed by atoms with Gasteiger partial charge in [0, 0.05) is 7.05 Å². The number of hydrogen-bond acceptors (Lipinski definition) is 6. The number of aliphatic hydroxyl groups is 2. The maximum absolute atomic E-state index is 13.0. The van der Waals surface area contributed by atoms with Crippen LogP contribution < -0.4 is 0 Å². The van der Waals surface area contributed by atoms with Crippen molar-refractivity contribution in [3.05, 3.63) is 35.8 Å². The molecule has 2 aromatic rings. The van der Waals surface area contributed by atoms with Crippen LogP contribution in [0.1, 0.15) is 44.3 Å². The van der Waals surface area contributed by atoms with Gasteiger partial charge in [0.25, 0.3) is 0 Å². The maximum atomic E-state index is 13.0. The van der Waals surface area contributed by atoms with Gasteiger partial charge in [-0.05, 0) is 62.5 Å².